The molecule has 2 heterocycles. The van der Waals surface area contributed by atoms with Crippen molar-refractivity contribution in [2.45, 2.75) is 31.8 Å². The van der Waals surface area contributed by atoms with E-state index >= 15 is 0 Å². The number of nitrogens with zero attached hydrogens (tertiary/aromatic N) is 2. The first-order valence-corrected chi connectivity index (χ1v) is 6.53. The summed E-state index contributed by atoms with van der Waals surface area (Å²) >= 11 is 6.73. The van der Waals surface area contributed by atoms with Crippen LogP contribution in [0.4, 0.5) is 0 Å². The third-order valence-electron chi connectivity index (χ3n) is 2.61. The molecule has 1 unspecified atom stereocenters. The molecule has 1 aliphatic rings. The molecule has 15 heavy (non-hydrogen) atoms. The highest BCUT2D eigenvalue weighted by atomic mass is 79.9. The smallest absolute Gasteiger partial charge is 0.162 e. The van der Waals surface area contributed by atoms with Crippen molar-refractivity contribution < 1.29 is 4.74 Å². The Kier molecular flexibility index (Phi) is 3.42. The van der Waals surface area contributed by atoms with Crippen molar-refractivity contribution in [3.05, 3.63) is 21.1 Å². The normalized spacial score (nSPS) is 26.6. The van der Waals surface area contributed by atoms with E-state index in [1.54, 1.807) is 0 Å². The Morgan fingerprint density at radius 1 is 1.27 bits per heavy atom. The summed E-state index contributed by atoms with van der Waals surface area (Å²) in [4.78, 5) is 8.76. The average Bonchev–Trinajstić information content (AvgIpc) is 2.17. The fourth-order valence-electron chi connectivity index (χ4n) is 1.74. The molecule has 1 saturated heterocycles. The number of aromatic nitrogens is 2. The second-order valence-corrected chi connectivity index (χ2v) is 5.50. The Morgan fingerprint density at radius 3 is 2.47 bits per heavy atom. The van der Waals surface area contributed by atoms with Crippen LogP contribution in [0.25, 0.3) is 0 Å². The summed E-state index contributed by atoms with van der Waals surface area (Å²) in [5.41, 5.74) is -0.329. The molecule has 1 fully saturated rings. The van der Waals surface area contributed by atoms with Gasteiger partial charge in [0.05, 0.1) is 0 Å². The molecule has 0 saturated carbocycles. The highest BCUT2D eigenvalue weighted by molar-refractivity contribution is 9.11. The summed E-state index contributed by atoms with van der Waals surface area (Å²) in [7, 11) is 0. The Morgan fingerprint density at radius 2 is 1.93 bits per heavy atom. The molecule has 0 bridgehead atoms. The van der Waals surface area contributed by atoms with Gasteiger partial charge in [0.15, 0.2) is 5.82 Å². The molecule has 82 valence electrons. The van der Waals surface area contributed by atoms with Gasteiger partial charge in [0.1, 0.15) is 14.8 Å². The highest BCUT2D eigenvalue weighted by Gasteiger charge is 2.33. The predicted molar refractivity (Wildman–Crippen MR) is 64.6 cm³/mol. The van der Waals surface area contributed by atoms with Crippen molar-refractivity contribution in [3.8, 4) is 0 Å². The molecule has 1 aromatic heterocycles. The Balaban J connectivity index is 2.34. The number of ether oxygens (including phenoxy) is 1. The molecular formula is C10H12Br2N2O. The quantitative estimate of drug-likeness (QED) is 0.737. The van der Waals surface area contributed by atoms with E-state index < -0.39 is 0 Å². The van der Waals surface area contributed by atoms with Gasteiger partial charge in [0.25, 0.3) is 0 Å². The van der Waals surface area contributed by atoms with Crippen molar-refractivity contribution in [2.75, 3.05) is 6.61 Å². The molecule has 0 N–H and O–H groups in total. The van der Waals surface area contributed by atoms with Crippen LogP contribution in [0.5, 0.6) is 0 Å². The number of hydrogen-bond donors (Lipinski definition) is 0. The molecule has 0 spiro atoms. The number of rotatable bonds is 1. The number of halogens is 2. The van der Waals surface area contributed by atoms with Gasteiger partial charge in [-0.2, -0.15) is 0 Å². The van der Waals surface area contributed by atoms with Crippen LogP contribution in [0.1, 0.15) is 32.0 Å². The second kappa shape index (κ2) is 4.47. The summed E-state index contributed by atoms with van der Waals surface area (Å²) in [6, 6.07) is 1.83. The molecule has 0 amide bonds. The van der Waals surface area contributed by atoms with E-state index in [2.05, 4.69) is 48.8 Å². The summed E-state index contributed by atoms with van der Waals surface area (Å²) in [6.45, 7) is 2.85. The minimum atomic E-state index is -0.329. The Hall–Kier alpha value is -0.0000000000000000763. The first-order chi connectivity index (χ1) is 7.10. The lowest BCUT2D eigenvalue weighted by atomic mass is 9.95. The maximum Gasteiger partial charge on any atom is 0.162 e. The largest absolute Gasteiger partial charge is 0.367 e. The topological polar surface area (TPSA) is 35.0 Å². The summed E-state index contributed by atoms with van der Waals surface area (Å²) < 4.78 is 7.37. The van der Waals surface area contributed by atoms with Crippen LogP contribution in [0.15, 0.2) is 15.3 Å². The van der Waals surface area contributed by atoms with Gasteiger partial charge in [-0.3, -0.25) is 0 Å². The second-order valence-electron chi connectivity index (χ2n) is 3.87. The van der Waals surface area contributed by atoms with Gasteiger partial charge in [-0.1, -0.05) is 0 Å². The third kappa shape index (κ3) is 2.57. The van der Waals surface area contributed by atoms with E-state index in [0.29, 0.717) is 0 Å². The van der Waals surface area contributed by atoms with Gasteiger partial charge in [-0.25, -0.2) is 9.97 Å². The first-order valence-electron chi connectivity index (χ1n) is 4.95. The minimum Gasteiger partial charge on any atom is -0.367 e. The molecule has 0 aliphatic carbocycles. The van der Waals surface area contributed by atoms with Gasteiger partial charge >= 0.3 is 0 Å². The fourth-order valence-corrected chi connectivity index (χ4v) is 2.81. The van der Waals surface area contributed by atoms with Crippen LogP contribution in [-0.4, -0.2) is 16.6 Å². The van der Waals surface area contributed by atoms with Gasteiger partial charge in [0, 0.05) is 12.7 Å². The van der Waals surface area contributed by atoms with E-state index in [4.69, 9.17) is 4.74 Å². The van der Waals surface area contributed by atoms with E-state index in [1.165, 1.54) is 6.42 Å². The van der Waals surface area contributed by atoms with Crippen LogP contribution in [0.3, 0.4) is 0 Å². The zero-order valence-electron chi connectivity index (χ0n) is 8.46. The van der Waals surface area contributed by atoms with E-state index in [1.807, 2.05) is 6.07 Å². The Labute approximate surface area is 106 Å². The molecule has 0 aromatic carbocycles. The van der Waals surface area contributed by atoms with Gasteiger partial charge in [-0.05, 0) is 58.0 Å². The maximum atomic E-state index is 5.79. The summed E-state index contributed by atoms with van der Waals surface area (Å²) in [6.07, 6.45) is 3.28. The fraction of sp³-hybridized carbons (Fsp3) is 0.600. The van der Waals surface area contributed by atoms with Crippen LogP contribution >= 0.6 is 31.9 Å². The lowest BCUT2D eigenvalue weighted by Gasteiger charge is -2.32. The zero-order valence-corrected chi connectivity index (χ0v) is 11.6. The zero-order chi connectivity index (χ0) is 10.9. The molecule has 1 aromatic rings. The maximum absolute atomic E-state index is 5.79. The van der Waals surface area contributed by atoms with E-state index in [0.717, 1.165) is 34.5 Å². The van der Waals surface area contributed by atoms with Crippen LogP contribution in [0.2, 0.25) is 0 Å². The molecule has 5 heteroatoms. The number of hydrogen-bond acceptors (Lipinski definition) is 3. The highest BCUT2D eigenvalue weighted by Crippen LogP contribution is 2.33. The Bertz CT molecular complexity index is 344. The lowest BCUT2D eigenvalue weighted by Crippen LogP contribution is -2.32. The molecular weight excluding hydrogens is 324 g/mol. The molecule has 3 nitrogen and oxygen atoms in total. The van der Waals surface area contributed by atoms with Crippen molar-refractivity contribution in [1.82, 2.24) is 9.97 Å². The van der Waals surface area contributed by atoms with E-state index in [-0.39, 0.29) is 5.60 Å². The molecule has 1 aliphatic heterocycles. The first kappa shape index (κ1) is 11.5. The van der Waals surface area contributed by atoms with Crippen molar-refractivity contribution >= 4 is 31.9 Å². The van der Waals surface area contributed by atoms with Gasteiger partial charge in [0.2, 0.25) is 0 Å². The molecule has 0 radical (unpaired) electrons. The van der Waals surface area contributed by atoms with Gasteiger partial charge < -0.3 is 4.74 Å². The molecule has 2 rings (SSSR count). The summed E-state index contributed by atoms with van der Waals surface area (Å²) in [5.74, 6) is 0.753. The monoisotopic (exact) mass is 334 g/mol. The van der Waals surface area contributed by atoms with Gasteiger partial charge in [-0.15, -0.1) is 0 Å². The van der Waals surface area contributed by atoms with Crippen molar-refractivity contribution in [1.29, 1.82) is 0 Å². The predicted octanol–water partition coefficient (Wildman–Crippen LogP) is 3.42. The van der Waals surface area contributed by atoms with Crippen molar-refractivity contribution in [3.63, 3.8) is 0 Å². The van der Waals surface area contributed by atoms with E-state index in [9.17, 15) is 0 Å². The van der Waals surface area contributed by atoms with Crippen LogP contribution in [-0.2, 0) is 10.3 Å². The summed E-state index contributed by atoms with van der Waals surface area (Å²) in [5, 5.41) is 0. The van der Waals surface area contributed by atoms with Crippen molar-refractivity contribution in [2.24, 2.45) is 0 Å². The third-order valence-corrected chi connectivity index (χ3v) is 3.42. The minimum absolute atomic E-state index is 0.329. The van der Waals surface area contributed by atoms with Crippen LogP contribution < -0.4 is 0 Å². The molecule has 1 atom stereocenters. The standard InChI is InChI=1S/C10H12Br2N2O/c1-10(4-2-3-5-15-10)9-13-7(11)6-8(12)14-9/h6H,2-5H2,1H3. The lowest BCUT2D eigenvalue weighted by molar-refractivity contribution is -0.0762. The van der Waals surface area contributed by atoms with Crippen LogP contribution in [0, 0.1) is 0 Å². The SMILES string of the molecule is CC1(c2nc(Br)cc(Br)n2)CCCCO1. The average molecular weight is 336 g/mol.